The van der Waals surface area contributed by atoms with Gasteiger partial charge >= 0.3 is 0 Å². The van der Waals surface area contributed by atoms with Crippen molar-refractivity contribution >= 4 is 22.5 Å². The summed E-state index contributed by atoms with van der Waals surface area (Å²) in [5.41, 5.74) is 9.14. The minimum absolute atomic E-state index is 0.424. The molecule has 0 saturated heterocycles. The molecule has 2 aliphatic rings. The van der Waals surface area contributed by atoms with Crippen LogP contribution in [-0.2, 0) is 19.4 Å². The molecule has 0 N–H and O–H groups in total. The maximum Gasteiger partial charge on any atom is 0.0712 e. The molecule has 0 radical (unpaired) electrons. The average Bonchev–Trinajstić information content (AvgIpc) is 2.77. The molecule has 1 aromatic heterocycles. The molecule has 1 unspecified atom stereocenters. The highest BCUT2D eigenvalue weighted by Crippen LogP contribution is 2.43. The van der Waals surface area contributed by atoms with Gasteiger partial charge in [0.1, 0.15) is 0 Å². The van der Waals surface area contributed by atoms with E-state index in [0.29, 0.717) is 6.04 Å². The molecule has 0 amide bonds. The first-order valence-electron chi connectivity index (χ1n) is 10.3. The lowest BCUT2D eigenvalue weighted by atomic mass is 9.83. The summed E-state index contributed by atoms with van der Waals surface area (Å²) in [6.07, 6.45) is 2.08. The monoisotopic (exact) mass is 396 g/mol. The fraction of sp³-hybridized carbons (Fsp3) is 0.192. The highest BCUT2D eigenvalue weighted by atomic mass is 35.5. The van der Waals surface area contributed by atoms with Crippen LogP contribution in [-0.4, -0.2) is 16.4 Å². The molecule has 3 heterocycles. The Morgan fingerprint density at radius 2 is 1.76 bits per heavy atom. The lowest BCUT2D eigenvalue weighted by Crippen LogP contribution is -2.39. The van der Waals surface area contributed by atoms with Crippen LogP contribution in [0.5, 0.6) is 0 Å². The van der Waals surface area contributed by atoms with E-state index in [-0.39, 0.29) is 0 Å². The van der Waals surface area contributed by atoms with E-state index < -0.39 is 0 Å². The number of fused-ring (bicyclic) bond motifs is 5. The van der Waals surface area contributed by atoms with E-state index >= 15 is 0 Å². The van der Waals surface area contributed by atoms with Crippen LogP contribution in [0.15, 0.2) is 72.8 Å². The van der Waals surface area contributed by atoms with Gasteiger partial charge in [0.15, 0.2) is 0 Å². The number of aromatic nitrogens is 1. The SMILES string of the molecule is Clc1ccc2nc3c(c(-c4ccccc4)c2c1)CN1CCc2ccccc2C1C3. The third kappa shape index (κ3) is 2.78. The Balaban J connectivity index is 1.59. The summed E-state index contributed by atoms with van der Waals surface area (Å²) >= 11 is 6.39. The van der Waals surface area contributed by atoms with Crippen molar-refractivity contribution in [2.45, 2.75) is 25.4 Å². The normalized spacial score (nSPS) is 18.2. The largest absolute Gasteiger partial charge is 0.291 e. The lowest BCUT2D eigenvalue weighted by molar-refractivity contribution is 0.160. The Kier molecular flexibility index (Phi) is 3.97. The van der Waals surface area contributed by atoms with E-state index in [2.05, 4.69) is 71.6 Å². The standard InChI is InChI=1S/C26H21ClN2/c27-19-10-11-23-21(14-19)26(18-7-2-1-3-8-18)22-16-29-13-12-17-6-4-5-9-20(17)25(29)15-24(22)28-23/h1-11,14,25H,12-13,15-16H2. The van der Waals surface area contributed by atoms with Crippen molar-refractivity contribution in [3.63, 3.8) is 0 Å². The van der Waals surface area contributed by atoms with E-state index in [0.717, 1.165) is 41.9 Å². The van der Waals surface area contributed by atoms with Gasteiger partial charge in [-0.3, -0.25) is 9.88 Å². The van der Waals surface area contributed by atoms with Crippen molar-refractivity contribution < 1.29 is 0 Å². The van der Waals surface area contributed by atoms with Gasteiger partial charge in [0.05, 0.1) is 5.52 Å². The zero-order valence-electron chi connectivity index (χ0n) is 16.1. The second kappa shape index (κ2) is 6.69. The molecule has 0 fully saturated rings. The van der Waals surface area contributed by atoms with Crippen molar-refractivity contribution in [3.05, 3.63) is 100 Å². The molecule has 6 rings (SSSR count). The lowest BCUT2D eigenvalue weighted by Gasteiger charge is -2.41. The quantitative estimate of drug-likeness (QED) is 0.380. The van der Waals surface area contributed by atoms with E-state index in [9.17, 15) is 0 Å². The Labute approximate surface area is 175 Å². The molecule has 0 bridgehead atoms. The summed E-state index contributed by atoms with van der Waals surface area (Å²) in [6, 6.07) is 26.1. The molecule has 2 aliphatic heterocycles. The number of benzene rings is 3. The van der Waals surface area contributed by atoms with Gasteiger partial charge in [-0.2, -0.15) is 0 Å². The Hall–Kier alpha value is -2.68. The summed E-state index contributed by atoms with van der Waals surface area (Å²) < 4.78 is 0. The minimum atomic E-state index is 0.424. The molecule has 1 atom stereocenters. The zero-order valence-corrected chi connectivity index (χ0v) is 16.9. The third-order valence-electron chi connectivity index (χ3n) is 6.47. The van der Waals surface area contributed by atoms with Crippen LogP contribution in [0, 0.1) is 0 Å². The fourth-order valence-corrected chi connectivity index (χ4v) is 5.29. The number of rotatable bonds is 1. The van der Waals surface area contributed by atoms with Gasteiger partial charge in [0.2, 0.25) is 0 Å². The van der Waals surface area contributed by atoms with Crippen molar-refractivity contribution in [1.82, 2.24) is 9.88 Å². The first-order valence-corrected chi connectivity index (χ1v) is 10.6. The summed E-state index contributed by atoms with van der Waals surface area (Å²) in [7, 11) is 0. The molecular weight excluding hydrogens is 376 g/mol. The molecular formula is C26H21ClN2. The second-order valence-electron chi connectivity index (χ2n) is 8.08. The van der Waals surface area contributed by atoms with E-state index in [1.54, 1.807) is 0 Å². The molecule has 142 valence electrons. The van der Waals surface area contributed by atoms with Crippen molar-refractivity contribution in [2.75, 3.05) is 6.54 Å². The second-order valence-corrected chi connectivity index (χ2v) is 8.52. The third-order valence-corrected chi connectivity index (χ3v) is 6.70. The predicted molar refractivity (Wildman–Crippen MR) is 119 cm³/mol. The number of halogens is 1. The first-order chi connectivity index (χ1) is 14.3. The van der Waals surface area contributed by atoms with E-state index in [1.807, 2.05) is 6.07 Å². The van der Waals surface area contributed by atoms with Crippen LogP contribution in [0.3, 0.4) is 0 Å². The van der Waals surface area contributed by atoms with E-state index in [1.165, 1.54) is 33.5 Å². The number of pyridine rings is 1. The van der Waals surface area contributed by atoms with Gasteiger partial charge in [0.25, 0.3) is 0 Å². The van der Waals surface area contributed by atoms with Crippen LogP contribution in [0.25, 0.3) is 22.0 Å². The molecule has 29 heavy (non-hydrogen) atoms. The highest BCUT2D eigenvalue weighted by Gasteiger charge is 2.34. The number of hydrogen-bond donors (Lipinski definition) is 0. The van der Waals surface area contributed by atoms with Gasteiger partial charge < -0.3 is 0 Å². The van der Waals surface area contributed by atoms with Gasteiger partial charge in [-0.1, -0.05) is 66.2 Å². The van der Waals surface area contributed by atoms with Gasteiger partial charge in [-0.15, -0.1) is 0 Å². The molecule has 0 saturated carbocycles. The van der Waals surface area contributed by atoms with Crippen LogP contribution in [0.2, 0.25) is 5.02 Å². The summed E-state index contributed by atoms with van der Waals surface area (Å²) in [6.45, 7) is 2.04. The smallest absolute Gasteiger partial charge is 0.0712 e. The van der Waals surface area contributed by atoms with Crippen molar-refractivity contribution in [3.8, 4) is 11.1 Å². The fourth-order valence-electron chi connectivity index (χ4n) is 5.12. The average molecular weight is 397 g/mol. The van der Waals surface area contributed by atoms with Crippen molar-refractivity contribution in [1.29, 1.82) is 0 Å². The van der Waals surface area contributed by atoms with E-state index in [4.69, 9.17) is 16.6 Å². The molecule has 4 aromatic rings. The molecule has 0 spiro atoms. The zero-order chi connectivity index (χ0) is 19.4. The number of nitrogens with zero attached hydrogens (tertiary/aromatic N) is 2. The molecule has 3 heteroatoms. The minimum Gasteiger partial charge on any atom is -0.291 e. The summed E-state index contributed by atoms with van der Waals surface area (Å²) in [4.78, 5) is 7.76. The number of hydrogen-bond acceptors (Lipinski definition) is 2. The Bertz CT molecular complexity index is 1230. The molecule has 3 aromatic carbocycles. The van der Waals surface area contributed by atoms with Gasteiger partial charge in [0, 0.05) is 41.7 Å². The van der Waals surface area contributed by atoms with Crippen LogP contribution in [0.1, 0.15) is 28.4 Å². The molecule has 2 nitrogen and oxygen atoms in total. The predicted octanol–water partition coefficient (Wildman–Crippen LogP) is 6.21. The maximum absolute atomic E-state index is 6.39. The summed E-state index contributed by atoms with van der Waals surface area (Å²) in [5.74, 6) is 0. The Morgan fingerprint density at radius 1 is 0.931 bits per heavy atom. The topological polar surface area (TPSA) is 16.1 Å². The van der Waals surface area contributed by atoms with Crippen LogP contribution in [0.4, 0.5) is 0 Å². The van der Waals surface area contributed by atoms with Crippen LogP contribution < -0.4 is 0 Å². The van der Waals surface area contributed by atoms with Gasteiger partial charge in [-0.25, -0.2) is 0 Å². The Morgan fingerprint density at radius 3 is 2.66 bits per heavy atom. The highest BCUT2D eigenvalue weighted by molar-refractivity contribution is 6.31. The van der Waals surface area contributed by atoms with Gasteiger partial charge in [-0.05, 0) is 52.4 Å². The first kappa shape index (κ1) is 17.2. The van der Waals surface area contributed by atoms with Crippen molar-refractivity contribution in [2.24, 2.45) is 0 Å². The van der Waals surface area contributed by atoms with Crippen LogP contribution >= 0.6 is 11.6 Å². The molecule has 0 aliphatic carbocycles. The summed E-state index contributed by atoms with van der Waals surface area (Å²) in [5, 5.41) is 1.91. The maximum atomic E-state index is 6.39.